The van der Waals surface area contributed by atoms with Crippen LogP contribution in [0.1, 0.15) is 117 Å². The van der Waals surface area contributed by atoms with Crippen molar-refractivity contribution in [1.29, 1.82) is 0 Å². The number of hydrogen-bond acceptors (Lipinski definition) is 3. The van der Waals surface area contributed by atoms with Gasteiger partial charge in [-0.2, -0.15) is 0 Å². The highest BCUT2D eigenvalue weighted by atomic mass is 16.4. The second kappa shape index (κ2) is 25.4. The Morgan fingerprint density at radius 3 is 1.48 bits per heavy atom. The van der Waals surface area contributed by atoms with E-state index in [4.69, 9.17) is 10.8 Å². The molecule has 4 nitrogen and oxygen atoms in total. The summed E-state index contributed by atoms with van der Waals surface area (Å²) >= 11 is 0. The molecule has 0 fully saturated rings. The third kappa shape index (κ3) is 27.7. The Morgan fingerprint density at radius 2 is 1.11 bits per heavy atom. The molecule has 0 aromatic heterocycles. The zero-order chi connectivity index (χ0) is 20.6. The zero-order valence-corrected chi connectivity index (χ0v) is 18.8. The molecule has 0 bridgehead atoms. The number of carbonyl (C=O) groups is 1. The number of nitrogens with two attached hydrogens (primary N) is 1. The first-order valence-corrected chi connectivity index (χ1v) is 11.8. The molecule has 0 aliphatic carbocycles. The van der Waals surface area contributed by atoms with Crippen LogP contribution in [-0.4, -0.2) is 42.2 Å². The molecule has 0 atom stereocenters. The molecular formula is C23H50N2O2. The fourth-order valence-electron chi connectivity index (χ4n) is 3.22. The Kier molecular flexibility index (Phi) is 26.9. The van der Waals surface area contributed by atoms with Crippen molar-refractivity contribution in [3.8, 4) is 0 Å². The minimum absolute atomic E-state index is 0.344. The zero-order valence-electron chi connectivity index (χ0n) is 18.8. The van der Waals surface area contributed by atoms with E-state index in [-0.39, 0.29) is 0 Å². The molecule has 27 heavy (non-hydrogen) atoms. The monoisotopic (exact) mass is 386 g/mol. The van der Waals surface area contributed by atoms with Crippen LogP contribution in [0.4, 0.5) is 0 Å². The Bertz CT molecular complexity index is 280. The summed E-state index contributed by atoms with van der Waals surface area (Å²) in [4.78, 5) is 12.8. The van der Waals surface area contributed by atoms with E-state index >= 15 is 0 Å². The average Bonchev–Trinajstić information content (AvgIpc) is 2.65. The van der Waals surface area contributed by atoms with E-state index in [1.165, 1.54) is 90.3 Å². The van der Waals surface area contributed by atoms with E-state index in [9.17, 15) is 4.79 Å². The van der Waals surface area contributed by atoms with Crippen LogP contribution in [0, 0.1) is 0 Å². The fraction of sp³-hybridized carbons (Fsp3) is 0.957. The van der Waals surface area contributed by atoms with Crippen molar-refractivity contribution >= 4 is 5.97 Å². The van der Waals surface area contributed by atoms with E-state index in [1.54, 1.807) is 0 Å². The summed E-state index contributed by atoms with van der Waals surface area (Å²) in [6, 6.07) is 0. The molecule has 0 aliphatic rings. The summed E-state index contributed by atoms with van der Waals surface area (Å²) in [5.74, 6) is -0.657. The Labute approximate surface area is 170 Å². The molecule has 0 aromatic rings. The molecular weight excluding hydrogens is 336 g/mol. The largest absolute Gasteiger partial charge is 0.481 e. The lowest BCUT2D eigenvalue weighted by Gasteiger charge is -2.19. The molecule has 0 saturated carbocycles. The van der Waals surface area contributed by atoms with E-state index in [0.717, 1.165) is 25.8 Å². The minimum Gasteiger partial charge on any atom is -0.481 e. The van der Waals surface area contributed by atoms with Gasteiger partial charge in [0.05, 0.1) is 0 Å². The van der Waals surface area contributed by atoms with Gasteiger partial charge in [-0.1, -0.05) is 85.0 Å². The summed E-state index contributed by atoms with van der Waals surface area (Å²) in [5.41, 5.74) is 5.44. The summed E-state index contributed by atoms with van der Waals surface area (Å²) in [7, 11) is 0. The van der Waals surface area contributed by atoms with Crippen molar-refractivity contribution in [1.82, 2.24) is 4.90 Å². The second-order valence-electron chi connectivity index (χ2n) is 7.66. The van der Waals surface area contributed by atoms with Gasteiger partial charge < -0.3 is 15.7 Å². The first kappa shape index (κ1) is 28.6. The Balaban J connectivity index is 0. The number of nitrogens with zero attached hydrogens (tertiary/aromatic N) is 1. The van der Waals surface area contributed by atoms with E-state index in [1.807, 2.05) is 0 Å². The van der Waals surface area contributed by atoms with Gasteiger partial charge in [0.2, 0.25) is 0 Å². The number of rotatable bonds is 19. The molecule has 0 unspecified atom stereocenters. The van der Waals surface area contributed by atoms with Gasteiger partial charge in [-0.25, -0.2) is 0 Å². The summed E-state index contributed by atoms with van der Waals surface area (Å²) in [6.07, 6.45) is 18.0. The molecule has 0 rings (SSSR count). The molecule has 0 heterocycles. The molecule has 164 valence electrons. The molecule has 0 aromatic carbocycles. The normalized spacial score (nSPS) is 10.7. The standard InChI is InChI=1S/C14H28O2.C9H22N2/c1-2-3-4-5-6-7-8-9-10-11-12-13-14(15)16;1-3-7-11(8-4-2)9-5-6-10/h2-13H2,1H3,(H,15,16);3-10H2,1-2H3. The molecule has 0 aliphatic heterocycles. The van der Waals surface area contributed by atoms with Crippen LogP contribution < -0.4 is 5.73 Å². The van der Waals surface area contributed by atoms with Crippen molar-refractivity contribution in [2.45, 2.75) is 117 Å². The molecule has 0 radical (unpaired) electrons. The number of hydrogen-bond donors (Lipinski definition) is 2. The second-order valence-corrected chi connectivity index (χ2v) is 7.66. The van der Waals surface area contributed by atoms with Gasteiger partial charge in [0.25, 0.3) is 0 Å². The van der Waals surface area contributed by atoms with E-state index in [0.29, 0.717) is 6.42 Å². The molecule has 3 N–H and O–H groups in total. The van der Waals surface area contributed by atoms with Gasteiger partial charge in [0.1, 0.15) is 0 Å². The highest BCUT2D eigenvalue weighted by Gasteiger charge is 1.99. The first-order chi connectivity index (χ1) is 13.1. The van der Waals surface area contributed by atoms with Gasteiger partial charge in [0, 0.05) is 6.42 Å². The van der Waals surface area contributed by atoms with Gasteiger partial charge >= 0.3 is 5.97 Å². The highest BCUT2D eigenvalue weighted by molar-refractivity contribution is 5.66. The quantitative estimate of drug-likeness (QED) is 0.258. The van der Waals surface area contributed by atoms with Gasteiger partial charge in [-0.05, 0) is 51.9 Å². The maximum Gasteiger partial charge on any atom is 0.303 e. The number of aliphatic carboxylic acids is 1. The third-order valence-electron chi connectivity index (χ3n) is 4.75. The van der Waals surface area contributed by atoms with Crippen LogP contribution in [0.3, 0.4) is 0 Å². The average molecular weight is 387 g/mol. The summed E-state index contributed by atoms with van der Waals surface area (Å²) < 4.78 is 0. The minimum atomic E-state index is -0.657. The van der Waals surface area contributed by atoms with Crippen molar-refractivity contribution in [2.24, 2.45) is 5.73 Å². The maximum absolute atomic E-state index is 10.3. The van der Waals surface area contributed by atoms with Crippen molar-refractivity contribution in [3.63, 3.8) is 0 Å². The van der Waals surface area contributed by atoms with Crippen LogP contribution in [0.2, 0.25) is 0 Å². The van der Waals surface area contributed by atoms with E-state index < -0.39 is 5.97 Å². The molecule has 4 heteroatoms. The predicted molar refractivity (Wildman–Crippen MR) is 119 cm³/mol. The predicted octanol–water partition coefficient (Wildman–Crippen LogP) is 6.23. The Hall–Kier alpha value is -0.610. The summed E-state index contributed by atoms with van der Waals surface area (Å²) in [5, 5.41) is 8.46. The fourth-order valence-corrected chi connectivity index (χ4v) is 3.22. The summed E-state index contributed by atoms with van der Waals surface area (Å²) in [6.45, 7) is 11.2. The molecule has 0 spiro atoms. The van der Waals surface area contributed by atoms with Crippen molar-refractivity contribution in [2.75, 3.05) is 26.2 Å². The lowest BCUT2D eigenvalue weighted by atomic mass is 10.1. The number of carboxylic acid groups (broad SMARTS) is 1. The first-order valence-electron chi connectivity index (χ1n) is 11.8. The maximum atomic E-state index is 10.3. The van der Waals surface area contributed by atoms with Crippen LogP contribution >= 0.6 is 0 Å². The van der Waals surface area contributed by atoms with Crippen molar-refractivity contribution in [3.05, 3.63) is 0 Å². The number of unbranched alkanes of at least 4 members (excludes halogenated alkanes) is 10. The topological polar surface area (TPSA) is 66.6 Å². The van der Waals surface area contributed by atoms with Gasteiger partial charge in [-0.15, -0.1) is 0 Å². The van der Waals surface area contributed by atoms with Crippen LogP contribution in [0.25, 0.3) is 0 Å². The van der Waals surface area contributed by atoms with Crippen LogP contribution in [0.15, 0.2) is 0 Å². The molecule has 0 amide bonds. The van der Waals surface area contributed by atoms with Crippen LogP contribution in [0.5, 0.6) is 0 Å². The van der Waals surface area contributed by atoms with Gasteiger partial charge in [-0.3, -0.25) is 4.79 Å². The van der Waals surface area contributed by atoms with Crippen LogP contribution in [-0.2, 0) is 4.79 Å². The van der Waals surface area contributed by atoms with E-state index in [2.05, 4.69) is 25.7 Å². The smallest absolute Gasteiger partial charge is 0.303 e. The van der Waals surface area contributed by atoms with Gasteiger partial charge in [0.15, 0.2) is 0 Å². The highest BCUT2D eigenvalue weighted by Crippen LogP contribution is 2.11. The Morgan fingerprint density at radius 1 is 0.667 bits per heavy atom. The third-order valence-corrected chi connectivity index (χ3v) is 4.75. The van der Waals surface area contributed by atoms with Crippen molar-refractivity contribution < 1.29 is 9.90 Å². The lowest BCUT2D eigenvalue weighted by Crippen LogP contribution is -2.27. The number of carboxylic acids is 1. The SMILES string of the molecule is CCCCCCCCCCCCCC(=O)O.CCCN(CCC)CCCN. The molecule has 0 saturated heterocycles. The lowest BCUT2D eigenvalue weighted by molar-refractivity contribution is -0.137.